The van der Waals surface area contributed by atoms with Crippen molar-refractivity contribution in [2.24, 2.45) is 29.2 Å². The van der Waals surface area contributed by atoms with Crippen molar-refractivity contribution in [2.75, 3.05) is 18.4 Å². The van der Waals surface area contributed by atoms with Crippen molar-refractivity contribution in [3.8, 4) is 0 Å². The molecule has 1 aliphatic rings. The highest BCUT2D eigenvalue weighted by Crippen LogP contribution is 2.31. The van der Waals surface area contributed by atoms with E-state index in [1.54, 1.807) is 4.90 Å². The molecule has 1 fully saturated rings. The van der Waals surface area contributed by atoms with Crippen LogP contribution >= 0.6 is 0 Å². The molecule has 7 nitrogen and oxygen atoms in total. The number of carbonyl (C=O) groups excluding carboxylic acids is 3. The van der Waals surface area contributed by atoms with Crippen molar-refractivity contribution in [2.45, 2.75) is 58.4 Å². The number of nitrogens with one attached hydrogen (secondary N) is 1. The largest absolute Gasteiger partial charge is 0.371 e. The number of piperidine rings is 1. The van der Waals surface area contributed by atoms with E-state index in [1.165, 1.54) is 0 Å². The summed E-state index contributed by atoms with van der Waals surface area (Å²) >= 11 is 0. The van der Waals surface area contributed by atoms with Crippen molar-refractivity contribution >= 4 is 23.4 Å². The van der Waals surface area contributed by atoms with Gasteiger partial charge < -0.3 is 21.7 Å². The Labute approximate surface area is 179 Å². The Morgan fingerprint density at radius 2 is 1.67 bits per heavy atom. The number of hydrogen-bond acceptors (Lipinski definition) is 4. The Bertz CT molecular complexity index is 727. The van der Waals surface area contributed by atoms with Crippen molar-refractivity contribution in [3.05, 3.63) is 30.3 Å². The summed E-state index contributed by atoms with van der Waals surface area (Å²) in [5, 5.41) is 3.29. The van der Waals surface area contributed by atoms with Gasteiger partial charge in [-0.2, -0.15) is 0 Å². The van der Waals surface area contributed by atoms with E-state index in [0.717, 1.165) is 12.1 Å². The number of para-hydroxylation sites is 1. The maximum absolute atomic E-state index is 13.4. The van der Waals surface area contributed by atoms with E-state index >= 15 is 0 Å². The molecule has 1 aromatic carbocycles. The smallest absolute Gasteiger partial charge is 0.243 e. The zero-order chi connectivity index (χ0) is 22.3. The summed E-state index contributed by atoms with van der Waals surface area (Å²) in [6.07, 6.45) is 2.86. The van der Waals surface area contributed by atoms with Crippen LogP contribution in [0.15, 0.2) is 30.3 Å². The van der Waals surface area contributed by atoms with Crippen LogP contribution in [0.3, 0.4) is 0 Å². The topological polar surface area (TPSA) is 119 Å². The number of rotatable bonds is 10. The zero-order valence-electron chi connectivity index (χ0n) is 18.4. The summed E-state index contributed by atoms with van der Waals surface area (Å²) in [5.41, 5.74) is 11.3. The predicted octanol–water partition coefficient (Wildman–Crippen LogP) is 2.51. The summed E-state index contributed by atoms with van der Waals surface area (Å²) < 4.78 is 0. The molecule has 2 unspecified atom stereocenters. The quantitative estimate of drug-likeness (QED) is 0.543. The SMILES string of the molecule is CCCC(C(N)=O)C(CC(C)C)C(=O)N1CCC(Nc2ccccc2)(C(N)=O)CC1. The molecule has 0 saturated carbocycles. The number of nitrogens with two attached hydrogens (primary N) is 2. The van der Waals surface area contributed by atoms with Gasteiger partial charge in [0.15, 0.2) is 0 Å². The zero-order valence-corrected chi connectivity index (χ0v) is 18.4. The molecule has 2 atom stereocenters. The molecule has 5 N–H and O–H groups in total. The molecule has 1 aromatic rings. The fourth-order valence-electron chi connectivity index (χ4n) is 4.37. The first-order valence-corrected chi connectivity index (χ1v) is 10.9. The first-order valence-electron chi connectivity index (χ1n) is 10.9. The number of amides is 3. The molecule has 1 saturated heterocycles. The normalized spacial score (nSPS) is 17.9. The summed E-state index contributed by atoms with van der Waals surface area (Å²) in [6, 6.07) is 9.48. The lowest BCUT2D eigenvalue weighted by Gasteiger charge is -2.42. The molecule has 0 aliphatic carbocycles. The van der Waals surface area contributed by atoms with Gasteiger partial charge in [0.2, 0.25) is 17.7 Å². The molecule has 0 aromatic heterocycles. The van der Waals surface area contributed by atoms with E-state index < -0.39 is 29.2 Å². The Morgan fingerprint density at radius 3 is 2.13 bits per heavy atom. The Balaban J connectivity index is 2.15. The molecule has 1 aliphatic heterocycles. The van der Waals surface area contributed by atoms with Crippen LogP contribution in [0, 0.1) is 17.8 Å². The second-order valence-corrected chi connectivity index (χ2v) is 8.80. The van der Waals surface area contributed by atoms with Gasteiger partial charge in [0, 0.05) is 30.6 Å². The summed E-state index contributed by atoms with van der Waals surface area (Å²) in [7, 11) is 0. The van der Waals surface area contributed by atoms with Crippen LogP contribution in [0.25, 0.3) is 0 Å². The van der Waals surface area contributed by atoms with Gasteiger partial charge in [-0.15, -0.1) is 0 Å². The van der Waals surface area contributed by atoms with E-state index in [4.69, 9.17) is 11.5 Å². The van der Waals surface area contributed by atoms with Crippen LogP contribution < -0.4 is 16.8 Å². The highest BCUT2D eigenvalue weighted by molar-refractivity contribution is 5.90. The van der Waals surface area contributed by atoms with Crippen LogP contribution in [0.4, 0.5) is 5.69 Å². The van der Waals surface area contributed by atoms with Gasteiger partial charge in [-0.1, -0.05) is 45.4 Å². The number of anilines is 1. The highest BCUT2D eigenvalue weighted by Gasteiger charge is 2.43. The number of carbonyl (C=O) groups is 3. The van der Waals surface area contributed by atoms with Gasteiger partial charge in [0.05, 0.1) is 0 Å². The first kappa shape index (κ1) is 23.7. The summed E-state index contributed by atoms with van der Waals surface area (Å²) in [5.74, 6) is -1.49. The lowest BCUT2D eigenvalue weighted by molar-refractivity contribution is -0.144. The average Bonchev–Trinajstić information content (AvgIpc) is 2.71. The van der Waals surface area contributed by atoms with E-state index in [2.05, 4.69) is 5.32 Å². The van der Waals surface area contributed by atoms with Crippen LogP contribution in [-0.4, -0.2) is 41.2 Å². The Hall–Kier alpha value is -2.57. The molecule has 2 rings (SSSR count). The number of primary amides is 2. The maximum atomic E-state index is 13.4. The van der Waals surface area contributed by atoms with Crippen LogP contribution in [0.2, 0.25) is 0 Å². The van der Waals surface area contributed by atoms with Crippen molar-refractivity contribution in [1.29, 1.82) is 0 Å². The highest BCUT2D eigenvalue weighted by atomic mass is 16.2. The van der Waals surface area contributed by atoms with Crippen molar-refractivity contribution in [3.63, 3.8) is 0 Å². The standard InChI is InChI=1S/C23H36N4O3/c1-4-8-18(20(24)28)19(15-16(2)3)21(29)27-13-11-23(12-14-27,22(25)30)26-17-9-6-5-7-10-17/h5-7,9-10,16,18-19,26H,4,8,11-15H2,1-3H3,(H2,24,28)(H2,25,30). The predicted molar refractivity (Wildman–Crippen MR) is 118 cm³/mol. The van der Waals surface area contributed by atoms with E-state index in [9.17, 15) is 14.4 Å². The number of likely N-dealkylation sites (tertiary alicyclic amines) is 1. The molecule has 166 valence electrons. The van der Waals surface area contributed by atoms with Crippen LogP contribution in [0.1, 0.15) is 52.9 Å². The number of nitrogens with zero attached hydrogens (tertiary/aromatic N) is 1. The van der Waals surface area contributed by atoms with E-state index in [0.29, 0.717) is 38.8 Å². The summed E-state index contributed by atoms with van der Waals surface area (Å²) in [6.45, 7) is 6.90. The van der Waals surface area contributed by atoms with Crippen LogP contribution in [0.5, 0.6) is 0 Å². The Morgan fingerprint density at radius 1 is 1.07 bits per heavy atom. The fourth-order valence-corrected chi connectivity index (χ4v) is 4.37. The Kier molecular flexibility index (Phi) is 8.26. The minimum Gasteiger partial charge on any atom is -0.371 e. The minimum absolute atomic E-state index is 0.0428. The van der Waals surface area contributed by atoms with Crippen LogP contribution in [-0.2, 0) is 14.4 Å². The third-order valence-electron chi connectivity index (χ3n) is 6.05. The third kappa shape index (κ3) is 5.74. The van der Waals surface area contributed by atoms with Gasteiger partial charge in [-0.3, -0.25) is 14.4 Å². The molecular formula is C23H36N4O3. The monoisotopic (exact) mass is 416 g/mol. The first-order chi connectivity index (χ1) is 14.2. The molecule has 3 amide bonds. The molecular weight excluding hydrogens is 380 g/mol. The molecule has 30 heavy (non-hydrogen) atoms. The van der Waals surface area contributed by atoms with Crippen molar-refractivity contribution in [1.82, 2.24) is 4.90 Å². The molecule has 0 radical (unpaired) electrons. The van der Waals surface area contributed by atoms with E-state index in [1.807, 2.05) is 51.1 Å². The van der Waals surface area contributed by atoms with Gasteiger partial charge in [-0.05, 0) is 43.7 Å². The van der Waals surface area contributed by atoms with E-state index in [-0.39, 0.29) is 11.8 Å². The van der Waals surface area contributed by atoms with Crippen molar-refractivity contribution < 1.29 is 14.4 Å². The fraction of sp³-hybridized carbons (Fsp3) is 0.609. The molecule has 0 spiro atoms. The third-order valence-corrected chi connectivity index (χ3v) is 6.05. The maximum Gasteiger partial charge on any atom is 0.243 e. The lowest BCUT2D eigenvalue weighted by atomic mass is 9.80. The summed E-state index contributed by atoms with van der Waals surface area (Å²) in [4.78, 5) is 39.5. The second kappa shape index (κ2) is 10.5. The van der Waals surface area contributed by atoms with Gasteiger partial charge in [-0.25, -0.2) is 0 Å². The minimum atomic E-state index is -0.891. The molecule has 0 bridgehead atoms. The number of benzene rings is 1. The van der Waals surface area contributed by atoms with Gasteiger partial charge in [0.1, 0.15) is 5.54 Å². The van der Waals surface area contributed by atoms with Gasteiger partial charge in [0.25, 0.3) is 0 Å². The average molecular weight is 417 g/mol. The number of hydrogen-bond donors (Lipinski definition) is 3. The lowest BCUT2D eigenvalue weighted by Crippen LogP contribution is -2.58. The second-order valence-electron chi connectivity index (χ2n) is 8.80. The van der Waals surface area contributed by atoms with Gasteiger partial charge >= 0.3 is 0 Å². The molecule has 1 heterocycles. The molecule has 7 heteroatoms.